The van der Waals surface area contributed by atoms with Crippen molar-refractivity contribution in [1.82, 2.24) is 15.1 Å². The Bertz CT molecular complexity index is 773. The monoisotopic (exact) mass is 355 g/mol. The summed E-state index contributed by atoms with van der Waals surface area (Å²) in [5, 5.41) is 2.88. The molecule has 1 heterocycles. The zero-order valence-electron chi connectivity index (χ0n) is 15.4. The third kappa shape index (κ3) is 3.00. The maximum Gasteiger partial charge on any atom is 0.325 e. The van der Waals surface area contributed by atoms with Crippen LogP contribution in [0.4, 0.5) is 4.79 Å². The molecule has 1 fully saturated rings. The largest absolute Gasteiger partial charge is 0.337 e. The molecule has 138 valence electrons. The molecular formula is C20H25N3O3. The zero-order valence-corrected chi connectivity index (χ0v) is 15.4. The molecular weight excluding hydrogens is 330 g/mol. The van der Waals surface area contributed by atoms with Gasteiger partial charge in [-0.25, -0.2) is 4.79 Å². The fraction of sp³-hybridized carbons (Fsp3) is 0.450. The summed E-state index contributed by atoms with van der Waals surface area (Å²) in [5.74, 6) is -0.575. The fourth-order valence-electron chi connectivity index (χ4n) is 3.89. The SMILES string of the molecule is C=C(C)CN(CC)C(=O)CN1C(=O)N[C@]2(CCCc3ccccc32)C1=O. The van der Waals surface area contributed by atoms with Crippen LogP contribution in [0.2, 0.25) is 0 Å². The number of likely N-dealkylation sites (N-methyl/N-ethyl adjacent to an activating group) is 1. The number of hydrogen-bond acceptors (Lipinski definition) is 3. The van der Waals surface area contributed by atoms with Crippen molar-refractivity contribution in [2.45, 2.75) is 38.6 Å². The second-order valence-corrected chi connectivity index (χ2v) is 7.10. The number of nitrogens with one attached hydrogen (secondary N) is 1. The van der Waals surface area contributed by atoms with Crippen molar-refractivity contribution in [3.05, 3.63) is 47.5 Å². The van der Waals surface area contributed by atoms with E-state index in [1.54, 1.807) is 4.90 Å². The van der Waals surface area contributed by atoms with Crippen LogP contribution >= 0.6 is 0 Å². The Kier molecular flexibility index (Phi) is 4.85. The first-order valence-corrected chi connectivity index (χ1v) is 9.03. The van der Waals surface area contributed by atoms with Gasteiger partial charge in [0.25, 0.3) is 5.91 Å². The molecule has 1 N–H and O–H groups in total. The molecule has 26 heavy (non-hydrogen) atoms. The Morgan fingerprint density at radius 2 is 2.08 bits per heavy atom. The number of imide groups is 1. The van der Waals surface area contributed by atoms with Gasteiger partial charge in [0.2, 0.25) is 5.91 Å². The van der Waals surface area contributed by atoms with Crippen LogP contribution < -0.4 is 5.32 Å². The number of fused-ring (bicyclic) bond motifs is 2. The van der Waals surface area contributed by atoms with E-state index >= 15 is 0 Å². The first kappa shape index (κ1) is 18.2. The summed E-state index contributed by atoms with van der Waals surface area (Å²) < 4.78 is 0. The minimum Gasteiger partial charge on any atom is -0.337 e. The Hall–Kier alpha value is -2.63. The van der Waals surface area contributed by atoms with E-state index in [1.807, 2.05) is 38.1 Å². The third-order valence-corrected chi connectivity index (χ3v) is 5.14. The molecule has 0 bridgehead atoms. The van der Waals surface area contributed by atoms with Gasteiger partial charge >= 0.3 is 6.03 Å². The molecule has 0 radical (unpaired) electrons. The Morgan fingerprint density at radius 3 is 2.77 bits per heavy atom. The molecule has 6 nitrogen and oxygen atoms in total. The number of urea groups is 1. The summed E-state index contributed by atoms with van der Waals surface area (Å²) in [6.45, 7) is 8.22. The number of rotatable bonds is 5. The average Bonchev–Trinajstić information content (AvgIpc) is 2.84. The standard InChI is InChI=1S/C20H25N3O3/c1-4-22(12-14(2)3)17(24)13-23-18(25)20(21-19(23)26)11-7-9-15-8-5-6-10-16(15)20/h5-6,8,10H,2,4,7,9,11-13H2,1,3H3,(H,21,26)/t20-/m0/s1. The van der Waals surface area contributed by atoms with Crippen LogP contribution in [0.5, 0.6) is 0 Å². The van der Waals surface area contributed by atoms with Crippen LogP contribution in [0.1, 0.15) is 37.8 Å². The molecule has 1 aliphatic heterocycles. The van der Waals surface area contributed by atoms with Gasteiger partial charge in [-0.2, -0.15) is 0 Å². The second-order valence-electron chi connectivity index (χ2n) is 7.10. The zero-order chi connectivity index (χ0) is 18.9. The molecule has 1 spiro atoms. The lowest BCUT2D eigenvalue weighted by Gasteiger charge is -2.33. The molecule has 6 heteroatoms. The Labute approximate surface area is 153 Å². The molecule has 1 aliphatic carbocycles. The van der Waals surface area contributed by atoms with Gasteiger partial charge in [0.1, 0.15) is 12.1 Å². The quantitative estimate of drug-likeness (QED) is 0.650. The molecule has 1 aromatic rings. The molecule has 0 unspecified atom stereocenters. The highest BCUT2D eigenvalue weighted by Gasteiger charge is 2.54. The van der Waals surface area contributed by atoms with Gasteiger partial charge in [-0.15, -0.1) is 0 Å². The van der Waals surface area contributed by atoms with Gasteiger partial charge < -0.3 is 10.2 Å². The summed E-state index contributed by atoms with van der Waals surface area (Å²) >= 11 is 0. The van der Waals surface area contributed by atoms with Crippen LogP contribution in [-0.4, -0.2) is 47.3 Å². The van der Waals surface area contributed by atoms with Gasteiger partial charge in [-0.05, 0) is 44.2 Å². The van der Waals surface area contributed by atoms with E-state index in [0.717, 1.165) is 34.4 Å². The molecule has 1 aromatic carbocycles. The summed E-state index contributed by atoms with van der Waals surface area (Å²) in [6.07, 6.45) is 2.27. The maximum absolute atomic E-state index is 13.2. The van der Waals surface area contributed by atoms with E-state index in [9.17, 15) is 14.4 Å². The fourth-order valence-corrected chi connectivity index (χ4v) is 3.89. The molecule has 1 atom stereocenters. The van der Waals surface area contributed by atoms with E-state index in [-0.39, 0.29) is 18.4 Å². The number of carbonyl (C=O) groups excluding carboxylic acids is 3. The lowest BCUT2D eigenvalue weighted by atomic mass is 9.76. The predicted molar refractivity (Wildman–Crippen MR) is 98.4 cm³/mol. The van der Waals surface area contributed by atoms with Crippen molar-refractivity contribution in [3.63, 3.8) is 0 Å². The summed E-state index contributed by atoms with van der Waals surface area (Å²) in [7, 11) is 0. The van der Waals surface area contributed by atoms with Crippen LogP contribution in [0.15, 0.2) is 36.4 Å². The summed E-state index contributed by atoms with van der Waals surface area (Å²) in [4.78, 5) is 41.0. The highest BCUT2D eigenvalue weighted by Crippen LogP contribution is 2.39. The summed E-state index contributed by atoms with van der Waals surface area (Å²) in [6, 6.07) is 7.22. The first-order chi connectivity index (χ1) is 12.4. The van der Waals surface area contributed by atoms with E-state index < -0.39 is 11.6 Å². The highest BCUT2D eigenvalue weighted by molar-refractivity contribution is 6.09. The average molecular weight is 355 g/mol. The molecule has 2 aliphatic rings. The van der Waals surface area contributed by atoms with Gasteiger partial charge in [-0.1, -0.05) is 36.4 Å². The molecule has 0 saturated carbocycles. The summed E-state index contributed by atoms with van der Waals surface area (Å²) in [5.41, 5.74) is 1.76. The number of carbonyl (C=O) groups is 3. The van der Waals surface area contributed by atoms with Crippen molar-refractivity contribution < 1.29 is 14.4 Å². The van der Waals surface area contributed by atoms with Crippen molar-refractivity contribution in [2.75, 3.05) is 19.6 Å². The molecule has 1 saturated heterocycles. The van der Waals surface area contributed by atoms with Crippen molar-refractivity contribution in [2.24, 2.45) is 0 Å². The number of amides is 4. The third-order valence-electron chi connectivity index (χ3n) is 5.14. The molecule has 0 aromatic heterocycles. The normalized spacial score (nSPS) is 21.5. The minimum absolute atomic E-state index is 0.240. The van der Waals surface area contributed by atoms with E-state index in [0.29, 0.717) is 19.5 Å². The number of nitrogens with zero attached hydrogens (tertiary/aromatic N) is 2. The van der Waals surface area contributed by atoms with Crippen molar-refractivity contribution >= 4 is 17.8 Å². The number of aryl methyl sites for hydroxylation is 1. The topological polar surface area (TPSA) is 69.7 Å². The van der Waals surface area contributed by atoms with Gasteiger partial charge in [-0.3, -0.25) is 14.5 Å². The Morgan fingerprint density at radius 1 is 1.35 bits per heavy atom. The van der Waals surface area contributed by atoms with Gasteiger partial charge in [0.15, 0.2) is 0 Å². The lowest BCUT2D eigenvalue weighted by molar-refractivity contribution is -0.139. The minimum atomic E-state index is -1.03. The Balaban J connectivity index is 1.84. The molecule has 4 amide bonds. The smallest absolute Gasteiger partial charge is 0.325 e. The molecule has 3 rings (SSSR count). The van der Waals surface area contributed by atoms with Gasteiger partial charge in [0.05, 0.1) is 0 Å². The second kappa shape index (κ2) is 6.94. The number of hydrogen-bond donors (Lipinski definition) is 1. The maximum atomic E-state index is 13.2. The van der Waals surface area contributed by atoms with Crippen LogP contribution in [0.25, 0.3) is 0 Å². The van der Waals surface area contributed by atoms with E-state index in [4.69, 9.17) is 0 Å². The van der Waals surface area contributed by atoms with Crippen molar-refractivity contribution in [1.29, 1.82) is 0 Å². The highest BCUT2D eigenvalue weighted by atomic mass is 16.2. The van der Waals surface area contributed by atoms with E-state index in [1.165, 1.54) is 0 Å². The lowest BCUT2D eigenvalue weighted by Crippen LogP contribution is -2.47. The van der Waals surface area contributed by atoms with Crippen LogP contribution in [0, 0.1) is 0 Å². The van der Waals surface area contributed by atoms with Gasteiger partial charge in [0, 0.05) is 13.1 Å². The van der Waals surface area contributed by atoms with Crippen LogP contribution in [0.3, 0.4) is 0 Å². The number of benzene rings is 1. The van der Waals surface area contributed by atoms with Crippen molar-refractivity contribution in [3.8, 4) is 0 Å². The first-order valence-electron chi connectivity index (χ1n) is 9.03. The predicted octanol–water partition coefficient (Wildman–Crippen LogP) is 2.19. The van der Waals surface area contributed by atoms with Crippen LogP contribution in [-0.2, 0) is 21.5 Å². The van der Waals surface area contributed by atoms with E-state index in [2.05, 4.69) is 11.9 Å².